The Morgan fingerprint density at radius 1 is 1.00 bits per heavy atom. The van der Waals surface area contributed by atoms with Gasteiger partial charge in [-0.1, -0.05) is 12.1 Å². The number of carbonyl (C=O) groups is 2. The van der Waals surface area contributed by atoms with Gasteiger partial charge in [0.1, 0.15) is 0 Å². The molecule has 0 spiro atoms. The molecule has 0 aromatic heterocycles. The molecular weight excluding hydrogens is 368 g/mol. The van der Waals surface area contributed by atoms with Crippen LogP contribution in [0.25, 0.3) is 6.08 Å². The van der Waals surface area contributed by atoms with Gasteiger partial charge in [-0.2, -0.15) is 0 Å². The monoisotopic (exact) mass is 388 g/mol. The Hall–Kier alpha value is -3.68. The van der Waals surface area contributed by atoms with Crippen molar-refractivity contribution in [3.63, 3.8) is 0 Å². The summed E-state index contributed by atoms with van der Waals surface area (Å²) in [4.78, 5) is 24.0. The lowest BCUT2D eigenvalue weighted by Crippen LogP contribution is -2.30. The van der Waals surface area contributed by atoms with Crippen molar-refractivity contribution in [2.75, 3.05) is 14.2 Å². The van der Waals surface area contributed by atoms with Gasteiger partial charge < -0.3 is 29.5 Å². The summed E-state index contributed by atoms with van der Waals surface area (Å²) in [5, 5.41) is 28.4. The minimum Gasteiger partial charge on any atom is -0.504 e. The van der Waals surface area contributed by atoms with Gasteiger partial charge in [0.2, 0.25) is 6.10 Å². The molecule has 2 aromatic rings. The van der Waals surface area contributed by atoms with Gasteiger partial charge >= 0.3 is 11.9 Å². The Balaban J connectivity index is 2.10. The van der Waals surface area contributed by atoms with Crippen molar-refractivity contribution < 1.29 is 39.1 Å². The zero-order valence-corrected chi connectivity index (χ0v) is 15.3. The molecule has 0 bridgehead atoms. The van der Waals surface area contributed by atoms with Crippen molar-refractivity contribution in [2.24, 2.45) is 0 Å². The van der Waals surface area contributed by atoms with E-state index in [4.69, 9.17) is 9.47 Å². The summed E-state index contributed by atoms with van der Waals surface area (Å²) >= 11 is 0. The van der Waals surface area contributed by atoms with Gasteiger partial charge in [-0.05, 0) is 41.5 Å². The topological polar surface area (TPSA) is 123 Å². The number of aromatic hydroxyl groups is 3. The Kier molecular flexibility index (Phi) is 6.86. The molecule has 0 radical (unpaired) electrons. The van der Waals surface area contributed by atoms with Crippen molar-refractivity contribution >= 4 is 18.0 Å². The number of hydrogen-bond acceptors (Lipinski definition) is 8. The molecule has 0 saturated heterocycles. The summed E-state index contributed by atoms with van der Waals surface area (Å²) in [5.74, 6) is -1.98. The molecule has 2 aromatic carbocycles. The second-order valence-corrected chi connectivity index (χ2v) is 5.74. The van der Waals surface area contributed by atoms with E-state index in [9.17, 15) is 24.9 Å². The van der Waals surface area contributed by atoms with Crippen molar-refractivity contribution in [1.82, 2.24) is 0 Å². The van der Waals surface area contributed by atoms with Gasteiger partial charge in [-0.3, -0.25) is 0 Å². The lowest BCUT2D eigenvalue weighted by molar-refractivity contribution is -0.162. The number of rotatable bonds is 7. The fourth-order valence-electron chi connectivity index (χ4n) is 2.36. The first kappa shape index (κ1) is 20.6. The molecule has 8 nitrogen and oxygen atoms in total. The number of methoxy groups -OCH3 is 2. The third-order valence-electron chi connectivity index (χ3n) is 3.80. The normalized spacial score (nSPS) is 11.8. The van der Waals surface area contributed by atoms with Crippen LogP contribution >= 0.6 is 0 Å². The van der Waals surface area contributed by atoms with Gasteiger partial charge in [0.25, 0.3) is 0 Å². The molecule has 3 N–H and O–H groups in total. The Morgan fingerprint density at radius 2 is 1.71 bits per heavy atom. The molecule has 0 fully saturated rings. The fourth-order valence-corrected chi connectivity index (χ4v) is 2.36. The third-order valence-corrected chi connectivity index (χ3v) is 3.80. The first-order valence-corrected chi connectivity index (χ1v) is 8.18. The van der Waals surface area contributed by atoms with E-state index in [1.165, 1.54) is 50.6 Å². The SMILES string of the molecule is COC(=O)[C@@H](Cc1ccc(O)c(OC)c1)OC(=O)C=Cc1ccc(O)c(O)c1. The van der Waals surface area contributed by atoms with E-state index in [1.54, 1.807) is 6.07 Å². The predicted molar refractivity (Wildman–Crippen MR) is 99.1 cm³/mol. The number of ether oxygens (including phenoxy) is 3. The van der Waals surface area contributed by atoms with Crippen LogP contribution in [0.2, 0.25) is 0 Å². The minimum atomic E-state index is -1.20. The maximum absolute atomic E-state index is 12.1. The molecule has 0 saturated carbocycles. The summed E-state index contributed by atoms with van der Waals surface area (Å²) in [7, 11) is 2.57. The summed E-state index contributed by atoms with van der Waals surface area (Å²) in [6.07, 6.45) is 1.26. The van der Waals surface area contributed by atoms with Crippen molar-refractivity contribution in [1.29, 1.82) is 0 Å². The van der Waals surface area contributed by atoms with Crippen molar-refractivity contribution in [3.05, 3.63) is 53.6 Å². The third kappa shape index (κ3) is 5.41. The Bertz CT molecular complexity index is 888. The standard InChI is InChI=1S/C20H20O8/c1-26-17-10-13(4-7-15(17)22)11-18(20(25)27-2)28-19(24)8-5-12-3-6-14(21)16(23)9-12/h3-10,18,21-23H,11H2,1-2H3/t18-/m1/s1. The van der Waals surface area contributed by atoms with E-state index in [2.05, 4.69) is 4.74 Å². The molecule has 148 valence electrons. The smallest absolute Gasteiger partial charge is 0.347 e. The number of phenolic OH excluding ortho intramolecular Hbond substituents is 3. The highest BCUT2D eigenvalue weighted by molar-refractivity contribution is 5.89. The molecule has 0 amide bonds. The number of esters is 2. The van der Waals surface area contributed by atoms with Gasteiger partial charge in [-0.15, -0.1) is 0 Å². The molecule has 8 heteroatoms. The molecule has 1 atom stereocenters. The summed E-state index contributed by atoms with van der Waals surface area (Å²) in [5.41, 5.74) is 1.04. The Labute approximate surface area is 161 Å². The second-order valence-electron chi connectivity index (χ2n) is 5.74. The van der Waals surface area contributed by atoms with Crippen LogP contribution in [-0.4, -0.2) is 47.6 Å². The van der Waals surface area contributed by atoms with E-state index in [-0.39, 0.29) is 29.4 Å². The highest BCUT2D eigenvalue weighted by Crippen LogP contribution is 2.27. The van der Waals surface area contributed by atoms with Crippen LogP contribution in [0.5, 0.6) is 23.0 Å². The summed E-state index contributed by atoms with van der Waals surface area (Å²) in [6.45, 7) is 0. The number of phenols is 3. The maximum atomic E-state index is 12.1. The second kappa shape index (κ2) is 9.31. The van der Waals surface area contributed by atoms with Crippen LogP contribution in [0.1, 0.15) is 11.1 Å². The average molecular weight is 388 g/mol. The Morgan fingerprint density at radius 3 is 2.36 bits per heavy atom. The fraction of sp³-hybridized carbons (Fsp3) is 0.200. The first-order chi connectivity index (χ1) is 13.3. The predicted octanol–water partition coefficient (Wildman–Crippen LogP) is 2.15. The summed E-state index contributed by atoms with van der Waals surface area (Å²) < 4.78 is 14.9. The maximum Gasteiger partial charge on any atom is 0.347 e. The van der Waals surface area contributed by atoms with Gasteiger partial charge in [0.05, 0.1) is 14.2 Å². The van der Waals surface area contributed by atoms with Crippen molar-refractivity contribution in [3.8, 4) is 23.0 Å². The lowest BCUT2D eigenvalue weighted by Gasteiger charge is -2.15. The van der Waals surface area contributed by atoms with Crippen LogP contribution in [0.4, 0.5) is 0 Å². The lowest BCUT2D eigenvalue weighted by atomic mass is 10.1. The number of hydrogen-bond donors (Lipinski definition) is 3. The first-order valence-electron chi connectivity index (χ1n) is 8.18. The quantitative estimate of drug-likeness (QED) is 0.375. The van der Waals surface area contributed by atoms with E-state index < -0.39 is 18.0 Å². The van der Waals surface area contributed by atoms with E-state index in [0.717, 1.165) is 6.08 Å². The molecule has 28 heavy (non-hydrogen) atoms. The van der Waals surface area contributed by atoms with Crippen LogP contribution in [-0.2, 0) is 25.5 Å². The molecular formula is C20H20O8. The van der Waals surface area contributed by atoms with Gasteiger partial charge in [0.15, 0.2) is 23.0 Å². The van der Waals surface area contributed by atoms with E-state index in [0.29, 0.717) is 11.1 Å². The molecule has 2 rings (SSSR count). The molecule has 0 aliphatic rings. The molecule has 0 heterocycles. The summed E-state index contributed by atoms with van der Waals surface area (Å²) in [6, 6.07) is 8.52. The van der Waals surface area contributed by atoms with Crippen LogP contribution in [0, 0.1) is 0 Å². The van der Waals surface area contributed by atoms with Gasteiger partial charge in [0, 0.05) is 12.5 Å². The highest BCUT2D eigenvalue weighted by atomic mass is 16.6. The number of benzene rings is 2. The van der Waals surface area contributed by atoms with Crippen LogP contribution in [0.3, 0.4) is 0 Å². The average Bonchev–Trinajstić information content (AvgIpc) is 2.69. The minimum absolute atomic E-state index is 0.0168. The zero-order chi connectivity index (χ0) is 20.7. The van der Waals surface area contributed by atoms with Crippen molar-refractivity contribution in [2.45, 2.75) is 12.5 Å². The van der Waals surface area contributed by atoms with Crippen LogP contribution in [0.15, 0.2) is 42.5 Å². The molecule has 0 unspecified atom stereocenters. The highest BCUT2D eigenvalue weighted by Gasteiger charge is 2.24. The zero-order valence-electron chi connectivity index (χ0n) is 15.3. The number of carbonyl (C=O) groups excluding carboxylic acids is 2. The van der Waals surface area contributed by atoms with E-state index in [1.807, 2.05) is 0 Å². The largest absolute Gasteiger partial charge is 0.504 e. The van der Waals surface area contributed by atoms with Gasteiger partial charge in [-0.25, -0.2) is 9.59 Å². The molecule has 0 aliphatic carbocycles. The van der Waals surface area contributed by atoms with Crippen LogP contribution < -0.4 is 4.74 Å². The molecule has 0 aliphatic heterocycles. The van der Waals surface area contributed by atoms with E-state index >= 15 is 0 Å².